The molecule has 92 valence electrons. The third kappa shape index (κ3) is 3.34. The molecule has 2 N–H and O–H groups in total. The maximum atomic E-state index is 11.7. The third-order valence-electron chi connectivity index (χ3n) is 2.45. The molecule has 0 spiro atoms. The summed E-state index contributed by atoms with van der Waals surface area (Å²) < 4.78 is 1.02. The average molecular weight is 305 g/mol. The zero-order valence-corrected chi connectivity index (χ0v) is 11.5. The van der Waals surface area contributed by atoms with E-state index in [9.17, 15) is 4.79 Å². The molecule has 0 aliphatic heterocycles. The van der Waals surface area contributed by atoms with Crippen LogP contribution < -0.4 is 10.6 Å². The van der Waals surface area contributed by atoms with Crippen molar-refractivity contribution in [3.8, 4) is 0 Å². The molecule has 0 unspecified atom stereocenters. The second-order valence-corrected chi connectivity index (χ2v) is 4.76. The molecule has 4 heteroatoms. The van der Waals surface area contributed by atoms with Crippen molar-refractivity contribution in [2.45, 2.75) is 6.92 Å². The second-order valence-electron chi connectivity index (χ2n) is 3.91. The van der Waals surface area contributed by atoms with Crippen molar-refractivity contribution in [3.63, 3.8) is 0 Å². The lowest BCUT2D eigenvalue weighted by atomic mass is 10.2. The minimum absolute atomic E-state index is 0.247. The summed E-state index contributed by atoms with van der Waals surface area (Å²) in [7, 11) is 0. The van der Waals surface area contributed by atoms with Gasteiger partial charge in [0.15, 0.2) is 0 Å². The number of hydrogen-bond donors (Lipinski definition) is 2. The van der Waals surface area contributed by atoms with Gasteiger partial charge in [-0.05, 0) is 42.8 Å². The number of anilines is 2. The minimum Gasteiger partial charge on any atom is -0.308 e. The smallest absolute Gasteiger partial charge is 0.308 e. The number of halogens is 1. The lowest BCUT2D eigenvalue weighted by molar-refractivity contribution is 0.262. The van der Waals surface area contributed by atoms with Crippen molar-refractivity contribution in [3.05, 3.63) is 58.6 Å². The molecular weight excluding hydrogens is 292 g/mol. The fourth-order valence-electron chi connectivity index (χ4n) is 1.54. The summed E-state index contributed by atoms with van der Waals surface area (Å²) in [6.07, 6.45) is 0. The highest BCUT2D eigenvalue weighted by Crippen LogP contribution is 2.20. The van der Waals surface area contributed by atoms with Crippen LogP contribution in [0.4, 0.5) is 16.2 Å². The fraction of sp³-hybridized carbons (Fsp3) is 0.0714. The largest absolute Gasteiger partial charge is 0.323 e. The first kappa shape index (κ1) is 12.6. The predicted octanol–water partition coefficient (Wildman–Crippen LogP) is 4.40. The molecular formula is C14H13BrN2O. The van der Waals surface area contributed by atoms with Gasteiger partial charge in [-0.3, -0.25) is 0 Å². The molecule has 0 aliphatic rings. The summed E-state index contributed by atoms with van der Waals surface area (Å²) >= 11 is 3.42. The molecule has 0 aliphatic carbocycles. The molecule has 18 heavy (non-hydrogen) atoms. The van der Waals surface area contributed by atoms with Crippen LogP contribution in [0.25, 0.3) is 0 Å². The maximum absolute atomic E-state index is 11.7. The number of hydrogen-bond acceptors (Lipinski definition) is 1. The number of amides is 2. The molecule has 2 amide bonds. The van der Waals surface area contributed by atoms with Crippen LogP contribution in [0.2, 0.25) is 0 Å². The van der Waals surface area contributed by atoms with Gasteiger partial charge in [-0.1, -0.05) is 34.1 Å². The second kappa shape index (κ2) is 5.69. The van der Waals surface area contributed by atoms with Crippen LogP contribution in [0.15, 0.2) is 53.0 Å². The summed E-state index contributed by atoms with van der Waals surface area (Å²) in [6, 6.07) is 14.8. The quantitative estimate of drug-likeness (QED) is 0.848. The molecule has 0 atom stereocenters. The molecule has 3 nitrogen and oxygen atoms in total. The van der Waals surface area contributed by atoms with Crippen molar-refractivity contribution < 1.29 is 4.79 Å². The Kier molecular flexibility index (Phi) is 3.99. The zero-order valence-electron chi connectivity index (χ0n) is 9.91. The van der Waals surface area contributed by atoms with Crippen LogP contribution in [-0.4, -0.2) is 6.03 Å². The van der Waals surface area contributed by atoms with Gasteiger partial charge in [0, 0.05) is 15.8 Å². The van der Waals surface area contributed by atoms with E-state index in [1.54, 1.807) is 0 Å². The van der Waals surface area contributed by atoms with Gasteiger partial charge >= 0.3 is 6.03 Å². The molecule has 0 heterocycles. The van der Waals surface area contributed by atoms with Crippen LogP contribution in [0.1, 0.15) is 5.56 Å². The van der Waals surface area contributed by atoms with E-state index in [1.807, 2.05) is 55.5 Å². The van der Waals surface area contributed by atoms with Gasteiger partial charge in [-0.15, -0.1) is 0 Å². The molecule has 0 saturated heterocycles. The number of nitrogens with one attached hydrogen (secondary N) is 2. The summed E-state index contributed by atoms with van der Waals surface area (Å²) in [5.74, 6) is 0. The highest BCUT2D eigenvalue weighted by Gasteiger charge is 2.03. The minimum atomic E-state index is -0.247. The maximum Gasteiger partial charge on any atom is 0.323 e. The monoisotopic (exact) mass is 304 g/mol. The highest BCUT2D eigenvalue weighted by molar-refractivity contribution is 9.10. The molecule has 2 aromatic rings. The summed E-state index contributed by atoms with van der Waals surface area (Å²) in [4.78, 5) is 11.7. The number of urea groups is 1. The standard InChI is InChI=1S/C14H13BrN2O/c1-10-9-12(7-8-13(10)15)17-14(18)16-11-5-3-2-4-6-11/h2-9H,1H3,(H2,16,17,18). The lowest BCUT2D eigenvalue weighted by Crippen LogP contribution is -2.19. The first-order valence-corrected chi connectivity index (χ1v) is 6.33. The van der Waals surface area contributed by atoms with Gasteiger partial charge in [0.25, 0.3) is 0 Å². The van der Waals surface area contributed by atoms with Crippen molar-refractivity contribution >= 4 is 33.3 Å². The van der Waals surface area contributed by atoms with Gasteiger partial charge in [-0.2, -0.15) is 0 Å². The molecule has 0 saturated carbocycles. The number of carbonyl (C=O) groups excluding carboxylic acids is 1. The number of rotatable bonds is 2. The molecule has 0 radical (unpaired) electrons. The van der Waals surface area contributed by atoms with Crippen molar-refractivity contribution in [1.29, 1.82) is 0 Å². The Labute approximate surface area is 114 Å². The van der Waals surface area contributed by atoms with E-state index in [1.165, 1.54) is 0 Å². The Morgan fingerprint density at radius 3 is 2.33 bits per heavy atom. The normalized spacial score (nSPS) is 9.89. The third-order valence-corrected chi connectivity index (χ3v) is 3.34. The van der Waals surface area contributed by atoms with Crippen LogP contribution in [0.3, 0.4) is 0 Å². The number of carbonyl (C=O) groups is 1. The van der Waals surface area contributed by atoms with Crippen molar-refractivity contribution in [2.75, 3.05) is 10.6 Å². The Bertz CT molecular complexity index is 555. The molecule has 0 bridgehead atoms. The summed E-state index contributed by atoms with van der Waals surface area (Å²) in [6.45, 7) is 1.98. The number of para-hydroxylation sites is 1. The van der Waals surface area contributed by atoms with Crippen LogP contribution in [0.5, 0.6) is 0 Å². The van der Waals surface area contributed by atoms with Crippen LogP contribution >= 0.6 is 15.9 Å². The molecule has 2 aromatic carbocycles. The fourth-order valence-corrected chi connectivity index (χ4v) is 1.78. The first-order chi connectivity index (χ1) is 8.65. The Hall–Kier alpha value is -1.81. The van der Waals surface area contributed by atoms with Gasteiger partial charge in [0.05, 0.1) is 0 Å². The van der Waals surface area contributed by atoms with Gasteiger partial charge < -0.3 is 10.6 Å². The van der Waals surface area contributed by atoms with Crippen LogP contribution in [0, 0.1) is 6.92 Å². The molecule has 2 rings (SSSR count). The predicted molar refractivity (Wildman–Crippen MR) is 78.0 cm³/mol. The van der Waals surface area contributed by atoms with Crippen molar-refractivity contribution in [2.24, 2.45) is 0 Å². The van der Waals surface area contributed by atoms with E-state index >= 15 is 0 Å². The van der Waals surface area contributed by atoms with Gasteiger partial charge in [-0.25, -0.2) is 4.79 Å². The summed E-state index contributed by atoms with van der Waals surface area (Å²) in [5.41, 5.74) is 2.61. The Morgan fingerprint density at radius 2 is 1.67 bits per heavy atom. The highest BCUT2D eigenvalue weighted by atomic mass is 79.9. The van der Waals surface area contributed by atoms with E-state index in [2.05, 4.69) is 26.6 Å². The Morgan fingerprint density at radius 1 is 1.00 bits per heavy atom. The zero-order chi connectivity index (χ0) is 13.0. The van der Waals surface area contributed by atoms with E-state index in [0.29, 0.717) is 0 Å². The van der Waals surface area contributed by atoms with E-state index < -0.39 is 0 Å². The van der Waals surface area contributed by atoms with E-state index in [4.69, 9.17) is 0 Å². The summed E-state index contributed by atoms with van der Waals surface area (Å²) in [5, 5.41) is 5.55. The SMILES string of the molecule is Cc1cc(NC(=O)Nc2ccccc2)ccc1Br. The van der Waals surface area contributed by atoms with Gasteiger partial charge in [0.2, 0.25) is 0 Å². The van der Waals surface area contributed by atoms with E-state index in [0.717, 1.165) is 21.4 Å². The number of benzene rings is 2. The van der Waals surface area contributed by atoms with Gasteiger partial charge in [0.1, 0.15) is 0 Å². The van der Waals surface area contributed by atoms with E-state index in [-0.39, 0.29) is 6.03 Å². The molecule has 0 aromatic heterocycles. The first-order valence-electron chi connectivity index (χ1n) is 5.54. The van der Waals surface area contributed by atoms with Crippen LogP contribution in [-0.2, 0) is 0 Å². The lowest BCUT2D eigenvalue weighted by Gasteiger charge is -2.08. The number of aryl methyl sites for hydroxylation is 1. The Balaban J connectivity index is 2.01. The topological polar surface area (TPSA) is 41.1 Å². The van der Waals surface area contributed by atoms with Crippen molar-refractivity contribution in [1.82, 2.24) is 0 Å². The molecule has 0 fully saturated rings. The average Bonchev–Trinajstić information content (AvgIpc) is 2.35.